The van der Waals surface area contributed by atoms with Gasteiger partial charge in [0.15, 0.2) is 0 Å². The van der Waals surface area contributed by atoms with Gasteiger partial charge in [-0.05, 0) is 55.8 Å². The number of nitrogens with one attached hydrogen (secondary N) is 1. The third-order valence-corrected chi connectivity index (χ3v) is 4.11. The quantitative estimate of drug-likeness (QED) is 0.748. The van der Waals surface area contributed by atoms with Crippen LogP contribution in [0.15, 0.2) is 54.7 Å². The van der Waals surface area contributed by atoms with Crippen molar-refractivity contribution in [2.75, 3.05) is 0 Å². The van der Waals surface area contributed by atoms with E-state index < -0.39 is 0 Å². The van der Waals surface area contributed by atoms with E-state index in [1.165, 1.54) is 12.1 Å². The Labute approximate surface area is 140 Å². The number of aromatic nitrogens is 2. The molecule has 124 valence electrons. The van der Waals surface area contributed by atoms with Crippen LogP contribution in [0.1, 0.15) is 29.8 Å². The van der Waals surface area contributed by atoms with Crippen LogP contribution >= 0.6 is 0 Å². The fourth-order valence-electron chi connectivity index (χ4n) is 2.74. The summed E-state index contributed by atoms with van der Waals surface area (Å²) >= 11 is 0. The molecule has 1 heterocycles. The van der Waals surface area contributed by atoms with Crippen molar-refractivity contribution in [1.29, 1.82) is 0 Å². The average Bonchev–Trinajstić information content (AvgIpc) is 2.95. The Bertz CT molecular complexity index is 827. The number of hydrogen-bond donors (Lipinski definition) is 2. The van der Waals surface area contributed by atoms with Crippen LogP contribution in [0.2, 0.25) is 0 Å². The van der Waals surface area contributed by atoms with E-state index in [-0.39, 0.29) is 17.6 Å². The molecule has 0 radical (unpaired) electrons. The Kier molecular flexibility index (Phi) is 4.62. The SMILES string of the molecule is Cc1c(C(C)NCc2cccc(O)c2)cnn1-c1ccc(F)cc1. The van der Waals surface area contributed by atoms with Crippen molar-refractivity contribution in [2.24, 2.45) is 0 Å². The lowest BCUT2D eigenvalue weighted by atomic mass is 10.1. The number of benzene rings is 2. The molecule has 0 bridgehead atoms. The lowest BCUT2D eigenvalue weighted by molar-refractivity contribution is 0.473. The van der Waals surface area contributed by atoms with Crippen LogP contribution in [-0.2, 0) is 6.54 Å². The first-order valence-corrected chi connectivity index (χ1v) is 7.86. The van der Waals surface area contributed by atoms with Crippen LogP contribution in [0.25, 0.3) is 5.69 Å². The van der Waals surface area contributed by atoms with Gasteiger partial charge in [0.1, 0.15) is 11.6 Å². The van der Waals surface area contributed by atoms with Crippen LogP contribution in [-0.4, -0.2) is 14.9 Å². The van der Waals surface area contributed by atoms with E-state index in [2.05, 4.69) is 17.3 Å². The average molecular weight is 325 g/mol. The summed E-state index contributed by atoms with van der Waals surface area (Å²) in [4.78, 5) is 0. The second kappa shape index (κ2) is 6.84. The molecular weight excluding hydrogens is 305 g/mol. The smallest absolute Gasteiger partial charge is 0.123 e. The number of phenolic OH excluding ortho intramolecular Hbond substituents is 1. The fraction of sp³-hybridized carbons (Fsp3) is 0.211. The minimum Gasteiger partial charge on any atom is -0.508 e. The van der Waals surface area contributed by atoms with E-state index in [1.807, 2.05) is 25.3 Å². The van der Waals surface area contributed by atoms with Crippen LogP contribution in [0.3, 0.4) is 0 Å². The number of halogens is 1. The Morgan fingerprint density at radius 3 is 2.67 bits per heavy atom. The first kappa shape index (κ1) is 16.2. The Balaban J connectivity index is 1.74. The zero-order valence-corrected chi connectivity index (χ0v) is 13.7. The molecule has 3 rings (SSSR count). The van der Waals surface area contributed by atoms with Gasteiger partial charge in [-0.2, -0.15) is 5.10 Å². The van der Waals surface area contributed by atoms with Crippen molar-refractivity contribution >= 4 is 0 Å². The molecule has 1 unspecified atom stereocenters. The number of aromatic hydroxyl groups is 1. The van der Waals surface area contributed by atoms with Crippen molar-refractivity contribution in [3.63, 3.8) is 0 Å². The zero-order valence-electron chi connectivity index (χ0n) is 13.7. The molecule has 0 saturated carbocycles. The summed E-state index contributed by atoms with van der Waals surface area (Å²) in [6.07, 6.45) is 1.83. The van der Waals surface area contributed by atoms with E-state index >= 15 is 0 Å². The Hall–Kier alpha value is -2.66. The molecule has 1 aromatic heterocycles. The first-order chi connectivity index (χ1) is 11.5. The van der Waals surface area contributed by atoms with Crippen molar-refractivity contribution in [3.8, 4) is 11.4 Å². The van der Waals surface area contributed by atoms with Gasteiger partial charge < -0.3 is 10.4 Å². The normalized spacial score (nSPS) is 12.3. The number of phenols is 1. The largest absolute Gasteiger partial charge is 0.508 e. The lowest BCUT2D eigenvalue weighted by Crippen LogP contribution is -2.18. The highest BCUT2D eigenvalue weighted by atomic mass is 19.1. The Morgan fingerprint density at radius 2 is 1.96 bits per heavy atom. The summed E-state index contributed by atoms with van der Waals surface area (Å²) < 4.78 is 14.9. The van der Waals surface area contributed by atoms with Gasteiger partial charge >= 0.3 is 0 Å². The predicted octanol–water partition coefficient (Wildman–Crippen LogP) is 3.88. The van der Waals surface area contributed by atoms with Gasteiger partial charge in [0.05, 0.1) is 11.9 Å². The van der Waals surface area contributed by atoms with E-state index in [0.717, 1.165) is 22.5 Å². The highest BCUT2D eigenvalue weighted by molar-refractivity contribution is 5.35. The maximum atomic E-state index is 13.1. The van der Waals surface area contributed by atoms with Crippen LogP contribution in [0, 0.1) is 12.7 Å². The van der Waals surface area contributed by atoms with Crippen LogP contribution in [0.5, 0.6) is 5.75 Å². The molecule has 24 heavy (non-hydrogen) atoms. The van der Waals surface area contributed by atoms with Gasteiger partial charge in [-0.15, -0.1) is 0 Å². The van der Waals surface area contributed by atoms with E-state index in [1.54, 1.807) is 28.9 Å². The molecule has 0 saturated heterocycles. The number of nitrogens with zero attached hydrogens (tertiary/aromatic N) is 2. The van der Waals surface area contributed by atoms with Crippen molar-refractivity contribution in [2.45, 2.75) is 26.4 Å². The minimum atomic E-state index is -0.259. The Morgan fingerprint density at radius 1 is 1.21 bits per heavy atom. The fourth-order valence-corrected chi connectivity index (χ4v) is 2.74. The number of rotatable bonds is 5. The first-order valence-electron chi connectivity index (χ1n) is 7.86. The molecule has 4 nitrogen and oxygen atoms in total. The summed E-state index contributed by atoms with van der Waals surface area (Å²) in [5.74, 6) is 0.00666. The summed E-state index contributed by atoms with van der Waals surface area (Å²) in [6.45, 7) is 4.72. The summed E-state index contributed by atoms with van der Waals surface area (Å²) in [5.41, 5.74) is 3.95. The molecule has 0 fully saturated rings. The van der Waals surface area contributed by atoms with E-state index in [4.69, 9.17) is 0 Å². The molecule has 0 aliphatic carbocycles. The van der Waals surface area contributed by atoms with Gasteiger partial charge in [-0.25, -0.2) is 9.07 Å². The third kappa shape index (κ3) is 3.46. The van der Waals surface area contributed by atoms with Crippen molar-refractivity contribution in [1.82, 2.24) is 15.1 Å². The van der Waals surface area contributed by atoms with Gasteiger partial charge in [0.25, 0.3) is 0 Å². The molecular formula is C19H20FN3O. The molecule has 0 aliphatic heterocycles. The predicted molar refractivity (Wildman–Crippen MR) is 91.6 cm³/mol. The topological polar surface area (TPSA) is 50.1 Å². The van der Waals surface area contributed by atoms with Gasteiger partial charge in [-0.1, -0.05) is 12.1 Å². The maximum Gasteiger partial charge on any atom is 0.123 e. The van der Waals surface area contributed by atoms with Gasteiger partial charge in [0, 0.05) is 23.8 Å². The molecule has 0 aliphatic rings. The standard InChI is InChI=1S/C19H20FN3O/c1-13(21-11-15-4-3-5-18(24)10-15)19-12-22-23(14(19)2)17-8-6-16(20)7-9-17/h3-10,12-13,21,24H,11H2,1-2H3. The maximum absolute atomic E-state index is 13.1. The second-order valence-electron chi connectivity index (χ2n) is 5.85. The monoisotopic (exact) mass is 325 g/mol. The third-order valence-electron chi connectivity index (χ3n) is 4.11. The molecule has 0 spiro atoms. The molecule has 3 aromatic rings. The summed E-state index contributed by atoms with van der Waals surface area (Å²) in [7, 11) is 0. The number of hydrogen-bond acceptors (Lipinski definition) is 3. The van der Waals surface area contributed by atoms with E-state index in [0.29, 0.717) is 6.54 Å². The van der Waals surface area contributed by atoms with Crippen molar-refractivity contribution < 1.29 is 9.50 Å². The lowest BCUT2D eigenvalue weighted by Gasteiger charge is -2.14. The van der Waals surface area contributed by atoms with Gasteiger partial charge in [-0.3, -0.25) is 0 Å². The highest BCUT2D eigenvalue weighted by Crippen LogP contribution is 2.21. The summed E-state index contributed by atoms with van der Waals surface area (Å²) in [5, 5.41) is 17.4. The van der Waals surface area contributed by atoms with Crippen LogP contribution < -0.4 is 5.32 Å². The second-order valence-corrected chi connectivity index (χ2v) is 5.85. The summed E-state index contributed by atoms with van der Waals surface area (Å²) in [6, 6.07) is 13.6. The molecule has 0 amide bonds. The molecule has 2 aromatic carbocycles. The van der Waals surface area contributed by atoms with Crippen LogP contribution in [0.4, 0.5) is 4.39 Å². The molecule has 1 atom stereocenters. The van der Waals surface area contributed by atoms with Crippen molar-refractivity contribution in [3.05, 3.63) is 77.4 Å². The molecule has 2 N–H and O–H groups in total. The van der Waals surface area contributed by atoms with E-state index in [9.17, 15) is 9.50 Å². The minimum absolute atomic E-state index is 0.0987. The zero-order chi connectivity index (χ0) is 17.1. The van der Waals surface area contributed by atoms with Gasteiger partial charge in [0.2, 0.25) is 0 Å². The molecule has 5 heteroatoms. The highest BCUT2D eigenvalue weighted by Gasteiger charge is 2.14.